The SMILES string of the molecule is O=C(c1ccccc1)N1CCN(c2nc(CN3CCOCC3)cs2)CC1. The average molecular weight is 372 g/mol. The van der Waals surface area contributed by atoms with E-state index in [1.54, 1.807) is 11.3 Å². The summed E-state index contributed by atoms with van der Waals surface area (Å²) < 4.78 is 5.40. The Kier molecular flexibility index (Phi) is 5.48. The zero-order valence-corrected chi connectivity index (χ0v) is 15.7. The molecule has 0 aliphatic carbocycles. The van der Waals surface area contributed by atoms with Crippen LogP contribution < -0.4 is 4.90 Å². The maximum atomic E-state index is 12.5. The monoisotopic (exact) mass is 372 g/mol. The van der Waals surface area contributed by atoms with Crippen LogP contribution in [0.1, 0.15) is 16.1 Å². The molecule has 0 atom stereocenters. The third kappa shape index (κ3) is 4.06. The van der Waals surface area contributed by atoms with Crippen LogP contribution in [0, 0.1) is 0 Å². The predicted molar refractivity (Wildman–Crippen MR) is 103 cm³/mol. The predicted octanol–water partition coefficient (Wildman–Crippen LogP) is 1.94. The fourth-order valence-electron chi connectivity index (χ4n) is 3.37. The zero-order chi connectivity index (χ0) is 17.8. The molecule has 26 heavy (non-hydrogen) atoms. The van der Waals surface area contributed by atoms with Gasteiger partial charge < -0.3 is 14.5 Å². The third-order valence-electron chi connectivity index (χ3n) is 4.89. The number of amides is 1. The number of rotatable bonds is 4. The molecule has 0 spiro atoms. The lowest BCUT2D eigenvalue weighted by molar-refractivity contribution is 0.0337. The van der Waals surface area contributed by atoms with E-state index in [2.05, 4.69) is 15.2 Å². The minimum absolute atomic E-state index is 0.123. The van der Waals surface area contributed by atoms with Crippen LogP contribution in [0.2, 0.25) is 0 Å². The number of benzene rings is 1. The molecule has 0 unspecified atom stereocenters. The minimum atomic E-state index is 0.123. The van der Waals surface area contributed by atoms with Crippen molar-refractivity contribution in [2.45, 2.75) is 6.54 Å². The molecule has 4 rings (SSSR count). The number of ether oxygens (including phenoxy) is 1. The third-order valence-corrected chi connectivity index (χ3v) is 5.84. The van der Waals surface area contributed by atoms with Gasteiger partial charge in [-0.15, -0.1) is 11.3 Å². The van der Waals surface area contributed by atoms with E-state index < -0.39 is 0 Å². The highest BCUT2D eigenvalue weighted by molar-refractivity contribution is 7.13. The van der Waals surface area contributed by atoms with Crippen molar-refractivity contribution in [3.63, 3.8) is 0 Å². The second-order valence-corrected chi connectivity index (χ2v) is 7.49. The van der Waals surface area contributed by atoms with Crippen LogP contribution >= 0.6 is 11.3 Å². The van der Waals surface area contributed by atoms with E-state index in [0.717, 1.165) is 75.4 Å². The summed E-state index contributed by atoms with van der Waals surface area (Å²) in [6, 6.07) is 9.52. The van der Waals surface area contributed by atoms with Gasteiger partial charge in [-0.25, -0.2) is 4.98 Å². The molecule has 3 heterocycles. The Labute approximate surface area is 158 Å². The number of hydrogen-bond donors (Lipinski definition) is 0. The Balaban J connectivity index is 1.31. The van der Waals surface area contributed by atoms with Crippen LogP contribution in [-0.2, 0) is 11.3 Å². The molecule has 1 amide bonds. The Morgan fingerprint density at radius 2 is 1.77 bits per heavy atom. The van der Waals surface area contributed by atoms with Crippen molar-refractivity contribution in [1.29, 1.82) is 0 Å². The van der Waals surface area contributed by atoms with Crippen LogP contribution in [0.5, 0.6) is 0 Å². The molecular weight excluding hydrogens is 348 g/mol. The summed E-state index contributed by atoms with van der Waals surface area (Å²) in [4.78, 5) is 24.0. The summed E-state index contributed by atoms with van der Waals surface area (Å²) in [6.45, 7) is 7.64. The molecule has 0 N–H and O–H groups in total. The van der Waals surface area contributed by atoms with E-state index in [0.29, 0.717) is 0 Å². The Bertz CT molecular complexity index is 722. The largest absolute Gasteiger partial charge is 0.379 e. The van der Waals surface area contributed by atoms with Gasteiger partial charge in [-0.05, 0) is 12.1 Å². The summed E-state index contributed by atoms with van der Waals surface area (Å²) in [5.74, 6) is 0.123. The molecule has 7 heteroatoms. The van der Waals surface area contributed by atoms with Gasteiger partial charge in [0.05, 0.1) is 18.9 Å². The van der Waals surface area contributed by atoms with Crippen LogP contribution in [0.25, 0.3) is 0 Å². The van der Waals surface area contributed by atoms with Gasteiger partial charge in [-0.1, -0.05) is 18.2 Å². The van der Waals surface area contributed by atoms with E-state index >= 15 is 0 Å². The van der Waals surface area contributed by atoms with Crippen LogP contribution in [0.3, 0.4) is 0 Å². The summed E-state index contributed by atoms with van der Waals surface area (Å²) in [7, 11) is 0. The molecule has 2 saturated heterocycles. The van der Waals surface area contributed by atoms with Gasteiger partial charge in [0.1, 0.15) is 0 Å². The number of carbonyl (C=O) groups is 1. The van der Waals surface area contributed by atoms with E-state index in [4.69, 9.17) is 9.72 Å². The number of piperazine rings is 1. The first-order valence-electron chi connectivity index (χ1n) is 9.13. The molecule has 2 aliphatic heterocycles. The summed E-state index contributed by atoms with van der Waals surface area (Å²) in [6.07, 6.45) is 0. The van der Waals surface area contributed by atoms with Gasteiger partial charge in [-0.3, -0.25) is 9.69 Å². The number of carbonyl (C=O) groups excluding carboxylic acids is 1. The second kappa shape index (κ2) is 8.16. The average Bonchev–Trinajstić information content (AvgIpc) is 3.17. The number of nitrogens with zero attached hydrogens (tertiary/aromatic N) is 4. The number of hydrogen-bond acceptors (Lipinski definition) is 6. The molecule has 2 fully saturated rings. The van der Waals surface area contributed by atoms with E-state index in [-0.39, 0.29) is 5.91 Å². The highest BCUT2D eigenvalue weighted by atomic mass is 32.1. The van der Waals surface area contributed by atoms with Gasteiger partial charge in [0.25, 0.3) is 5.91 Å². The number of morpholine rings is 1. The smallest absolute Gasteiger partial charge is 0.253 e. The Morgan fingerprint density at radius 1 is 1.04 bits per heavy atom. The fourth-order valence-corrected chi connectivity index (χ4v) is 4.24. The quantitative estimate of drug-likeness (QED) is 0.821. The normalized spacial score (nSPS) is 18.9. The molecule has 6 nitrogen and oxygen atoms in total. The Hall–Kier alpha value is -1.96. The van der Waals surface area contributed by atoms with Crippen LogP contribution in [0.4, 0.5) is 5.13 Å². The minimum Gasteiger partial charge on any atom is -0.379 e. The standard InChI is InChI=1S/C19H24N4O2S/c24-18(16-4-2-1-3-5-16)22-6-8-23(9-7-22)19-20-17(15-26-19)14-21-10-12-25-13-11-21/h1-5,15H,6-14H2. The molecule has 0 saturated carbocycles. The lowest BCUT2D eigenvalue weighted by atomic mass is 10.2. The number of aromatic nitrogens is 1. The van der Waals surface area contributed by atoms with Crippen LogP contribution in [-0.4, -0.2) is 73.2 Å². The van der Waals surface area contributed by atoms with Gasteiger partial charge in [0.15, 0.2) is 5.13 Å². The first kappa shape index (κ1) is 17.5. The first-order valence-corrected chi connectivity index (χ1v) is 10.0. The van der Waals surface area contributed by atoms with E-state index in [9.17, 15) is 4.79 Å². The van der Waals surface area contributed by atoms with Crippen molar-refractivity contribution in [2.75, 3.05) is 57.4 Å². The van der Waals surface area contributed by atoms with Crippen molar-refractivity contribution in [2.24, 2.45) is 0 Å². The van der Waals surface area contributed by atoms with E-state index in [1.807, 2.05) is 35.2 Å². The van der Waals surface area contributed by atoms with Crippen molar-refractivity contribution in [3.05, 3.63) is 47.0 Å². The summed E-state index contributed by atoms with van der Waals surface area (Å²) >= 11 is 1.70. The van der Waals surface area contributed by atoms with Crippen molar-refractivity contribution in [1.82, 2.24) is 14.8 Å². The van der Waals surface area contributed by atoms with Crippen LogP contribution in [0.15, 0.2) is 35.7 Å². The molecule has 1 aromatic heterocycles. The lowest BCUT2D eigenvalue weighted by Crippen LogP contribution is -2.48. The Morgan fingerprint density at radius 3 is 2.50 bits per heavy atom. The summed E-state index contributed by atoms with van der Waals surface area (Å²) in [5, 5.41) is 3.23. The van der Waals surface area contributed by atoms with Gasteiger partial charge in [0, 0.05) is 56.8 Å². The molecular formula is C19H24N4O2S. The molecule has 2 aromatic rings. The van der Waals surface area contributed by atoms with Crippen molar-refractivity contribution < 1.29 is 9.53 Å². The summed E-state index contributed by atoms with van der Waals surface area (Å²) in [5.41, 5.74) is 1.90. The number of anilines is 1. The second-order valence-electron chi connectivity index (χ2n) is 6.66. The number of thiazole rings is 1. The first-order chi connectivity index (χ1) is 12.8. The zero-order valence-electron chi connectivity index (χ0n) is 14.8. The lowest BCUT2D eigenvalue weighted by Gasteiger charge is -2.34. The topological polar surface area (TPSA) is 48.9 Å². The molecule has 1 aromatic carbocycles. The molecule has 0 radical (unpaired) electrons. The van der Waals surface area contributed by atoms with Gasteiger partial charge in [-0.2, -0.15) is 0 Å². The molecule has 2 aliphatic rings. The molecule has 0 bridgehead atoms. The van der Waals surface area contributed by atoms with Gasteiger partial charge >= 0.3 is 0 Å². The van der Waals surface area contributed by atoms with Crippen molar-refractivity contribution >= 4 is 22.4 Å². The van der Waals surface area contributed by atoms with E-state index in [1.165, 1.54) is 0 Å². The van der Waals surface area contributed by atoms with Gasteiger partial charge in [0.2, 0.25) is 0 Å². The fraction of sp³-hybridized carbons (Fsp3) is 0.474. The maximum absolute atomic E-state index is 12.5. The molecule has 138 valence electrons. The highest BCUT2D eigenvalue weighted by Gasteiger charge is 2.24. The highest BCUT2D eigenvalue weighted by Crippen LogP contribution is 2.23. The maximum Gasteiger partial charge on any atom is 0.253 e. The van der Waals surface area contributed by atoms with Crippen molar-refractivity contribution in [3.8, 4) is 0 Å².